The predicted octanol–water partition coefficient (Wildman–Crippen LogP) is -9.89. The summed E-state index contributed by atoms with van der Waals surface area (Å²) in [6, 6.07) is 17.3. The van der Waals surface area contributed by atoms with Crippen molar-refractivity contribution in [2.75, 3.05) is 24.7 Å². The Bertz CT molecular complexity index is 3420. The summed E-state index contributed by atoms with van der Waals surface area (Å²) in [5.74, 6) is -2.37. The van der Waals surface area contributed by atoms with Crippen LogP contribution in [0.4, 0.5) is 22.7 Å². The molecule has 0 amide bonds. The van der Waals surface area contributed by atoms with Crippen LogP contribution in [-0.2, 0) is 67.3 Å². The Hall–Kier alpha value is -1.16. The molecule has 0 fully saturated rings. The van der Waals surface area contributed by atoms with Crippen molar-refractivity contribution < 1.29 is 209 Å². The van der Waals surface area contributed by atoms with Gasteiger partial charge < -0.3 is 29.8 Å². The summed E-state index contributed by atoms with van der Waals surface area (Å²) in [5, 5.41) is 73.8. The van der Waals surface area contributed by atoms with Crippen molar-refractivity contribution in [1.82, 2.24) is 19.6 Å². The van der Waals surface area contributed by atoms with Gasteiger partial charge in [-0.3, -0.25) is 18.4 Å². The van der Waals surface area contributed by atoms with Crippen LogP contribution in [0.25, 0.3) is 22.5 Å². The molecule has 0 atom stereocenters. The molecule has 6 aromatic rings. The molecule has 382 valence electrons. The minimum atomic E-state index is -5.28. The Morgan fingerprint density at radius 2 is 1.04 bits per heavy atom. The molecule has 0 bridgehead atoms. The SMILES string of the molecule is Cc1nn(-c2ccc(S(=O)(=O)CCOS(=O)(=O)[O-])cc2)c(O)c1N=Nc1ccc(-c2ccc(N=Nc3c(C)nn(-c4ccc(S(=O)(=O)CCOSOO[O-])cc4)c3O)cc2S(=O)(=O)[O-])c(SOO[O-])c1.[GaH4-].[Na+].[Na+].[Na+].[Na+]. The molecule has 0 saturated heterocycles. The molecule has 2 heterocycles. The van der Waals surface area contributed by atoms with Gasteiger partial charge in [-0.15, -0.1) is 14.6 Å². The topological polar surface area (TPSA) is 410 Å². The van der Waals surface area contributed by atoms with Crippen LogP contribution in [0.3, 0.4) is 0 Å². The number of hydrogen-bond acceptors (Lipinski definition) is 28. The van der Waals surface area contributed by atoms with Crippen molar-refractivity contribution in [3.63, 3.8) is 0 Å². The average Bonchev–Trinajstić information content (AvgIpc) is 3.76. The number of sulfone groups is 2. The molecule has 2 aromatic heterocycles. The van der Waals surface area contributed by atoms with Crippen LogP contribution in [0.2, 0.25) is 0 Å². The van der Waals surface area contributed by atoms with Gasteiger partial charge in [-0.05, 0) is 92.2 Å². The number of azo groups is 2. The van der Waals surface area contributed by atoms with Gasteiger partial charge in [0.2, 0.25) is 22.2 Å². The fraction of sp³-hybridized carbons (Fsp3) is 0.167. The van der Waals surface area contributed by atoms with Gasteiger partial charge in [0, 0.05) is 10.5 Å². The first kappa shape index (κ1) is 71.8. The first-order valence-corrected chi connectivity index (χ1v) is 26.3. The smallest absolute Gasteiger partial charge is 1.00 e. The fourth-order valence-electron chi connectivity index (χ4n) is 6.02. The molecule has 0 saturated carbocycles. The first-order chi connectivity index (χ1) is 33.0. The van der Waals surface area contributed by atoms with E-state index in [0.29, 0.717) is 12.0 Å². The van der Waals surface area contributed by atoms with Gasteiger partial charge in [0.05, 0.1) is 85.6 Å². The zero-order valence-electron chi connectivity index (χ0n) is 39.2. The predicted molar refractivity (Wildman–Crippen MR) is 243 cm³/mol. The third-order valence-electron chi connectivity index (χ3n) is 9.18. The monoisotopic (exact) mass is 1250 g/mol. The molecule has 39 heteroatoms. The number of aryl methyl sites for hydroxylation is 2. The summed E-state index contributed by atoms with van der Waals surface area (Å²) in [7, 11) is -18.3. The average molecular weight is 1250 g/mol. The Kier molecular flexibility index (Phi) is 30.4. The van der Waals surface area contributed by atoms with E-state index in [4.69, 9.17) is 4.18 Å². The quantitative estimate of drug-likeness (QED) is 0.00879. The van der Waals surface area contributed by atoms with E-state index in [0.717, 1.165) is 27.6 Å². The largest absolute Gasteiger partial charge is 1.00 e. The standard InChI is InChI=1S/C36H34N8O20S6.Ga.4Na.4H/c1-21-33(35(45)43(41-21)26-7-11-28(12-8-26)68(51,52)18-16-60-70(56,57)58)39-37-23-3-13-29(31(19-23)65-63-61-47)30-14-4-24(20-32(30)69(53,54)55)38-40-34-22(2)42-44(36(34)46)25-5-9-27(10-6-25)67(49,50)17-15-59-66-64-62-48;;;;;;;;;/h3-14,19-20,45-48H,15-18H2,1-2H3,(H,53,54,55)(H,56,57,58);;;;;;;;;/q;-1;4*+1;;;;/p-4. The maximum Gasteiger partial charge on any atom is 1.00 e. The fourth-order valence-corrected chi connectivity index (χ4v) is 10.2. The van der Waals surface area contributed by atoms with E-state index in [-0.39, 0.29) is 228 Å². The molecule has 28 nitrogen and oxygen atoms in total. The molecule has 75 heavy (non-hydrogen) atoms. The Morgan fingerprint density at radius 3 is 1.48 bits per heavy atom. The maximum atomic E-state index is 12.7. The summed E-state index contributed by atoms with van der Waals surface area (Å²) >= 11 is 0.471. The number of aromatic nitrogens is 4. The maximum absolute atomic E-state index is 12.7. The van der Waals surface area contributed by atoms with E-state index in [9.17, 15) is 63.5 Å². The van der Waals surface area contributed by atoms with E-state index in [1.165, 1.54) is 80.6 Å². The van der Waals surface area contributed by atoms with Crippen molar-refractivity contribution in [3.8, 4) is 34.3 Å². The van der Waals surface area contributed by atoms with Crippen molar-refractivity contribution in [2.24, 2.45) is 20.5 Å². The van der Waals surface area contributed by atoms with Crippen LogP contribution in [-0.4, -0.2) is 117 Å². The molecular formula is C36H34GaN8Na4O20S6-. The van der Waals surface area contributed by atoms with Crippen LogP contribution in [0, 0.1) is 13.8 Å². The summed E-state index contributed by atoms with van der Waals surface area (Å²) in [5.41, 5.74) is 0.00985. The van der Waals surface area contributed by atoms with Crippen molar-refractivity contribution in [2.45, 2.75) is 33.4 Å². The second-order valence-corrected chi connectivity index (χ2v) is 21.5. The minimum absolute atomic E-state index is 0. The van der Waals surface area contributed by atoms with Crippen LogP contribution < -0.4 is 129 Å². The van der Waals surface area contributed by atoms with Gasteiger partial charge >= 0.3 is 138 Å². The number of hydrogen-bond donors (Lipinski definition) is 2. The van der Waals surface area contributed by atoms with E-state index in [1.54, 1.807) is 0 Å². The van der Waals surface area contributed by atoms with Gasteiger partial charge in [-0.2, -0.15) is 34.1 Å². The third kappa shape index (κ3) is 19.5. The Balaban J connectivity index is 0.00000562. The molecule has 0 aliphatic heterocycles. The molecule has 0 spiro atoms. The van der Waals surface area contributed by atoms with Gasteiger partial charge in [-0.25, -0.2) is 33.7 Å². The van der Waals surface area contributed by atoms with Gasteiger partial charge in [0.1, 0.15) is 10.1 Å². The van der Waals surface area contributed by atoms with Gasteiger partial charge in [0.15, 0.2) is 43.4 Å². The molecule has 4 aromatic carbocycles. The summed E-state index contributed by atoms with van der Waals surface area (Å²) < 4.78 is 140. The second-order valence-electron chi connectivity index (χ2n) is 13.7. The Labute approximate surface area is 537 Å². The van der Waals surface area contributed by atoms with Gasteiger partial charge in [0.25, 0.3) is 0 Å². The number of benzene rings is 4. The zero-order chi connectivity index (χ0) is 51.0. The Morgan fingerprint density at radius 1 is 0.600 bits per heavy atom. The van der Waals surface area contributed by atoms with Crippen LogP contribution in [0.5, 0.6) is 11.8 Å². The molecule has 0 aliphatic carbocycles. The molecule has 2 N–H and O–H groups in total. The van der Waals surface area contributed by atoms with Crippen molar-refractivity contribution >= 4 is 107 Å². The van der Waals surface area contributed by atoms with E-state index >= 15 is 0 Å². The molecule has 0 radical (unpaired) electrons. The molecule has 0 unspecified atom stereocenters. The minimum Gasteiger partial charge on any atom is 1.00 e. The van der Waals surface area contributed by atoms with E-state index < -0.39 is 75.0 Å². The normalized spacial score (nSPS) is 11.9. The number of nitrogens with zero attached hydrogens (tertiary/aromatic N) is 8. The summed E-state index contributed by atoms with van der Waals surface area (Å²) in [6.45, 7) is 1.69. The van der Waals surface area contributed by atoms with Crippen molar-refractivity contribution in [1.29, 1.82) is 0 Å². The molecule has 0 aliphatic rings. The molecule has 6 rings (SSSR count). The second kappa shape index (κ2) is 31.7. The van der Waals surface area contributed by atoms with Crippen LogP contribution >= 0.6 is 24.4 Å². The van der Waals surface area contributed by atoms with Gasteiger partial charge in [-0.1, -0.05) is 12.1 Å². The van der Waals surface area contributed by atoms with Crippen LogP contribution in [0.1, 0.15) is 11.4 Å². The van der Waals surface area contributed by atoms with E-state index in [2.05, 4.69) is 53.6 Å². The zero-order valence-corrected chi connectivity index (χ0v) is 52.1. The summed E-state index contributed by atoms with van der Waals surface area (Å²) in [6.07, 6.45) is 0. The number of aromatic hydroxyl groups is 2. The number of rotatable bonds is 23. The third-order valence-corrected chi connectivity index (χ3v) is 14.9. The first-order valence-electron chi connectivity index (χ1n) is 18.8. The van der Waals surface area contributed by atoms with E-state index in [1.807, 2.05) is 0 Å². The summed E-state index contributed by atoms with van der Waals surface area (Å²) in [4.78, 5) is -1.18. The molecular weight excluding hydrogens is 1220 g/mol. The van der Waals surface area contributed by atoms with Crippen molar-refractivity contribution in [3.05, 3.63) is 96.3 Å². The van der Waals surface area contributed by atoms with Crippen LogP contribution in [0.15, 0.2) is 125 Å².